The van der Waals surface area contributed by atoms with E-state index < -0.39 is 24.1 Å². The molecule has 1 aromatic heterocycles. The van der Waals surface area contributed by atoms with E-state index in [0.717, 1.165) is 4.90 Å². The fraction of sp³-hybridized carbons (Fsp3) is 0.600. The van der Waals surface area contributed by atoms with Crippen molar-refractivity contribution < 1.29 is 24.3 Å². The van der Waals surface area contributed by atoms with Gasteiger partial charge in [0.2, 0.25) is 5.89 Å². The van der Waals surface area contributed by atoms with Crippen molar-refractivity contribution in [1.82, 2.24) is 20.4 Å². The molecule has 1 fully saturated rings. The Morgan fingerprint density at radius 1 is 1.58 bits per heavy atom. The third kappa shape index (κ3) is 2.99. The second kappa shape index (κ2) is 5.22. The maximum absolute atomic E-state index is 11.8. The maximum Gasteiger partial charge on any atom is 0.326 e. The van der Waals surface area contributed by atoms with Crippen LogP contribution in [0.3, 0.4) is 0 Å². The summed E-state index contributed by atoms with van der Waals surface area (Å²) < 4.78 is 4.81. The zero-order chi connectivity index (χ0) is 14.0. The standard InChI is InChI=1S/C10H14N4O5/c1-5-12-8(19-13-5)3-11-10(18)14-4-6(15)2-7(14)9(16)17/h6-7,15H,2-4H2,1H3,(H,11,18)(H,16,17)/t6-,7+/m1/s1. The van der Waals surface area contributed by atoms with E-state index in [0.29, 0.717) is 5.82 Å². The summed E-state index contributed by atoms with van der Waals surface area (Å²) >= 11 is 0. The molecule has 1 aliphatic rings. The van der Waals surface area contributed by atoms with Crippen molar-refractivity contribution in [1.29, 1.82) is 0 Å². The molecule has 2 atom stereocenters. The lowest BCUT2D eigenvalue weighted by Crippen LogP contribution is -2.46. The van der Waals surface area contributed by atoms with Crippen molar-refractivity contribution in [3.63, 3.8) is 0 Å². The van der Waals surface area contributed by atoms with E-state index in [1.165, 1.54) is 0 Å². The Morgan fingerprint density at radius 3 is 2.89 bits per heavy atom. The van der Waals surface area contributed by atoms with Gasteiger partial charge in [0.05, 0.1) is 12.6 Å². The number of carboxylic acid groups (broad SMARTS) is 1. The average molecular weight is 270 g/mol. The van der Waals surface area contributed by atoms with Crippen molar-refractivity contribution in [2.75, 3.05) is 6.54 Å². The number of nitrogens with one attached hydrogen (secondary N) is 1. The van der Waals surface area contributed by atoms with E-state index in [1.807, 2.05) is 0 Å². The van der Waals surface area contributed by atoms with Gasteiger partial charge in [-0.05, 0) is 6.92 Å². The minimum absolute atomic E-state index is 0.00827. The molecule has 0 unspecified atom stereocenters. The molecule has 0 bridgehead atoms. The third-order valence-electron chi connectivity index (χ3n) is 2.79. The molecule has 0 saturated carbocycles. The number of aliphatic hydroxyl groups excluding tert-OH is 1. The number of amides is 2. The topological polar surface area (TPSA) is 129 Å². The fourth-order valence-corrected chi connectivity index (χ4v) is 1.94. The van der Waals surface area contributed by atoms with Crippen LogP contribution in [0.25, 0.3) is 0 Å². The van der Waals surface area contributed by atoms with Crippen molar-refractivity contribution >= 4 is 12.0 Å². The number of rotatable bonds is 3. The molecule has 104 valence electrons. The summed E-state index contributed by atoms with van der Waals surface area (Å²) in [5, 5.41) is 24.4. The highest BCUT2D eigenvalue weighted by Crippen LogP contribution is 2.18. The number of aryl methyl sites for hydroxylation is 1. The van der Waals surface area contributed by atoms with Crippen LogP contribution in [0.4, 0.5) is 4.79 Å². The van der Waals surface area contributed by atoms with Crippen molar-refractivity contribution in [3.8, 4) is 0 Å². The van der Waals surface area contributed by atoms with Crippen LogP contribution < -0.4 is 5.32 Å². The molecule has 1 aliphatic heterocycles. The SMILES string of the molecule is Cc1noc(CNC(=O)N2C[C@H](O)C[C@H]2C(=O)O)n1. The zero-order valence-corrected chi connectivity index (χ0v) is 10.2. The number of likely N-dealkylation sites (tertiary alicyclic amines) is 1. The summed E-state index contributed by atoms with van der Waals surface area (Å²) in [6, 6.07) is -1.60. The van der Waals surface area contributed by atoms with E-state index >= 15 is 0 Å². The molecular weight excluding hydrogens is 256 g/mol. The number of urea groups is 1. The molecule has 3 N–H and O–H groups in total. The van der Waals surface area contributed by atoms with Crippen LogP contribution in [0, 0.1) is 6.92 Å². The number of hydrogen-bond acceptors (Lipinski definition) is 6. The highest BCUT2D eigenvalue weighted by Gasteiger charge is 2.38. The number of carboxylic acids is 1. The van der Waals surface area contributed by atoms with E-state index in [1.54, 1.807) is 6.92 Å². The van der Waals surface area contributed by atoms with Gasteiger partial charge in [0.25, 0.3) is 0 Å². The minimum atomic E-state index is -1.14. The fourth-order valence-electron chi connectivity index (χ4n) is 1.94. The normalized spacial score (nSPS) is 22.5. The molecular formula is C10H14N4O5. The quantitative estimate of drug-likeness (QED) is 0.649. The lowest BCUT2D eigenvalue weighted by atomic mass is 10.2. The maximum atomic E-state index is 11.8. The molecule has 1 saturated heterocycles. The van der Waals surface area contributed by atoms with Crippen molar-refractivity contribution in [2.45, 2.75) is 32.0 Å². The summed E-state index contributed by atoms with van der Waals surface area (Å²) in [4.78, 5) is 27.8. The number of carbonyl (C=O) groups excluding carboxylic acids is 1. The van der Waals surface area contributed by atoms with Gasteiger partial charge < -0.3 is 25.0 Å². The first-order valence-electron chi connectivity index (χ1n) is 5.72. The second-order valence-electron chi connectivity index (χ2n) is 4.29. The molecule has 0 radical (unpaired) electrons. The summed E-state index contributed by atoms with van der Waals surface area (Å²) in [6.07, 6.45) is -0.792. The Hall–Kier alpha value is -2.16. The van der Waals surface area contributed by atoms with Gasteiger partial charge in [-0.25, -0.2) is 9.59 Å². The van der Waals surface area contributed by atoms with Crippen LogP contribution in [0.2, 0.25) is 0 Å². The molecule has 9 nitrogen and oxygen atoms in total. The molecule has 19 heavy (non-hydrogen) atoms. The number of aromatic nitrogens is 2. The monoisotopic (exact) mass is 270 g/mol. The Balaban J connectivity index is 1.93. The molecule has 0 aromatic carbocycles. The summed E-state index contributed by atoms with van der Waals surface area (Å²) in [5.41, 5.74) is 0. The Labute approximate surface area is 108 Å². The predicted molar refractivity (Wildman–Crippen MR) is 60.0 cm³/mol. The average Bonchev–Trinajstić information content (AvgIpc) is 2.92. The predicted octanol–water partition coefficient (Wildman–Crippen LogP) is -0.893. The molecule has 0 aliphatic carbocycles. The minimum Gasteiger partial charge on any atom is -0.480 e. The third-order valence-corrected chi connectivity index (χ3v) is 2.79. The Morgan fingerprint density at radius 2 is 2.32 bits per heavy atom. The van der Waals surface area contributed by atoms with Gasteiger partial charge in [-0.1, -0.05) is 5.16 Å². The number of aliphatic hydroxyl groups is 1. The van der Waals surface area contributed by atoms with Gasteiger partial charge in [-0.3, -0.25) is 0 Å². The lowest BCUT2D eigenvalue weighted by Gasteiger charge is -2.20. The van der Waals surface area contributed by atoms with Crippen molar-refractivity contribution in [3.05, 3.63) is 11.7 Å². The number of β-amino-alcohol motifs (C(OH)–C–C–N with tert-alkyl or cyclic N) is 1. The van der Waals surface area contributed by atoms with E-state index in [9.17, 15) is 14.7 Å². The smallest absolute Gasteiger partial charge is 0.326 e. The van der Waals surface area contributed by atoms with Gasteiger partial charge in [0, 0.05) is 13.0 Å². The molecule has 2 rings (SSSR count). The van der Waals surface area contributed by atoms with Crippen LogP contribution in [-0.4, -0.2) is 55.9 Å². The first kappa shape index (κ1) is 13.3. The van der Waals surface area contributed by atoms with Crippen LogP contribution in [0.1, 0.15) is 18.1 Å². The molecule has 0 spiro atoms. The van der Waals surface area contributed by atoms with Gasteiger partial charge in [-0.15, -0.1) is 0 Å². The molecule has 9 heteroatoms. The molecule has 1 aromatic rings. The summed E-state index contributed by atoms with van der Waals surface area (Å²) in [6.45, 7) is 1.65. The first-order valence-corrected chi connectivity index (χ1v) is 5.72. The summed E-state index contributed by atoms with van der Waals surface area (Å²) in [5.74, 6) is -0.456. The van der Waals surface area contributed by atoms with E-state index in [-0.39, 0.29) is 25.4 Å². The lowest BCUT2D eigenvalue weighted by molar-refractivity contribution is -0.141. The van der Waals surface area contributed by atoms with Crippen LogP contribution in [0.5, 0.6) is 0 Å². The van der Waals surface area contributed by atoms with Crippen molar-refractivity contribution in [2.24, 2.45) is 0 Å². The van der Waals surface area contributed by atoms with Gasteiger partial charge in [0.1, 0.15) is 6.04 Å². The first-order chi connectivity index (χ1) is 8.97. The molecule has 2 amide bonds. The zero-order valence-electron chi connectivity index (χ0n) is 10.2. The number of carbonyl (C=O) groups is 2. The largest absolute Gasteiger partial charge is 0.480 e. The highest BCUT2D eigenvalue weighted by atomic mass is 16.5. The second-order valence-corrected chi connectivity index (χ2v) is 4.29. The Kier molecular flexibility index (Phi) is 3.65. The van der Waals surface area contributed by atoms with Gasteiger partial charge in [0.15, 0.2) is 5.82 Å². The van der Waals surface area contributed by atoms with Crippen LogP contribution in [0.15, 0.2) is 4.52 Å². The van der Waals surface area contributed by atoms with Gasteiger partial charge in [-0.2, -0.15) is 4.98 Å². The Bertz CT molecular complexity index is 488. The molecule has 2 heterocycles. The van der Waals surface area contributed by atoms with E-state index in [4.69, 9.17) is 9.63 Å². The van der Waals surface area contributed by atoms with E-state index in [2.05, 4.69) is 15.5 Å². The van der Waals surface area contributed by atoms with Gasteiger partial charge >= 0.3 is 12.0 Å². The van der Waals surface area contributed by atoms with Crippen LogP contribution in [-0.2, 0) is 11.3 Å². The van der Waals surface area contributed by atoms with Crippen LogP contribution >= 0.6 is 0 Å². The highest BCUT2D eigenvalue weighted by molar-refractivity contribution is 5.83. The number of nitrogens with zero attached hydrogens (tertiary/aromatic N) is 3. The summed E-state index contributed by atoms with van der Waals surface area (Å²) in [7, 11) is 0. The number of aliphatic carboxylic acids is 1. The number of hydrogen-bond donors (Lipinski definition) is 3.